The van der Waals surface area contributed by atoms with Crippen LogP contribution < -0.4 is 14.4 Å². The summed E-state index contributed by atoms with van der Waals surface area (Å²) in [4.78, 5) is 32.9. The predicted octanol–water partition coefficient (Wildman–Crippen LogP) is 6.11. The fraction of sp³-hybridized carbons (Fsp3) is 0.207. The Labute approximate surface area is 218 Å². The van der Waals surface area contributed by atoms with E-state index in [1.807, 2.05) is 56.3 Å². The van der Waals surface area contributed by atoms with Crippen molar-refractivity contribution in [1.82, 2.24) is 4.98 Å². The number of aliphatic hydroxyl groups is 1. The number of amides is 1. The Morgan fingerprint density at radius 1 is 0.973 bits per heavy atom. The number of aliphatic hydroxyl groups excluding tert-OH is 1. The molecule has 3 aromatic carbocycles. The Hall–Kier alpha value is -4.17. The second-order valence-corrected chi connectivity index (χ2v) is 9.52. The third-order valence-electron chi connectivity index (χ3n) is 6.00. The first-order valence-electron chi connectivity index (χ1n) is 12.1. The molecular formula is C29H26N2O5S. The largest absolute Gasteiger partial charge is 0.507 e. The zero-order chi connectivity index (χ0) is 25.9. The second kappa shape index (κ2) is 10.4. The van der Waals surface area contributed by atoms with Crippen LogP contribution in [0.1, 0.15) is 37.4 Å². The normalized spacial score (nSPS) is 16.9. The fourth-order valence-electron chi connectivity index (χ4n) is 4.34. The standard InChI is InChI=1S/C29H26N2O5S/c1-3-15-36-20-12-8-11-19(16-20)25-24(26(32)18-9-6-5-7-10-18)27(33)28(34)31(25)29-30-22-14-13-21(35-4-2)17-23(22)37-29/h5-14,16-17,25,32H,3-4,15H2,1-2H3. The topological polar surface area (TPSA) is 89.0 Å². The fourth-order valence-corrected chi connectivity index (χ4v) is 5.36. The van der Waals surface area contributed by atoms with Crippen LogP contribution in [0, 0.1) is 0 Å². The van der Waals surface area contributed by atoms with Crippen molar-refractivity contribution >= 4 is 44.1 Å². The van der Waals surface area contributed by atoms with Crippen molar-refractivity contribution in [1.29, 1.82) is 0 Å². The zero-order valence-corrected chi connectivity index (χ0v) is 21.3. The van der Waals surface area contributed by atoms with Crippen LogP contribution in [-0.2, 0) is 9.59 Å². The van der Waals surface area contributed by atoms with Gasteiger partial charge in [0.2, 0.25) is 0 Å². The molecule has 8 heteroatoms. The number of fused-ring (bicyclic) bond motifs is 1. The minimum absolute atomic E-state index is 0.0121. The summed E-state index contributed by atoms with van der Waals surface area (Å²) in [5, 5.41) is 11.6. The summed E-state index contributed by atoms with van der Waals surface area (Å²) in [6.45, 7) is 4.99. The van der Waals surface area contributed by atoms with E-state index in [9.17, 15) is 14.7 Å². The lowest BCUT2D eigenvalue weighted by Gasteiger charge is -2.23. The molecule has 1 unspecified atom stereocenters. The summed E-state index contributed by atoms with van der Waals surface area (Å²) in [7, 11) is 0. The number of hydrogen-bond acceptors (Lipinski definition) is 7. The SMILES string of the molecule is CCCOc1cccc(C2C(=C(O)c3ccccc3)C(=O)C(=O)N2c2nc3ccc(OCC)cc3s2)c1. The molecule has 2 heterocycles. The van der Waals surface area contributed by atoms with Crippen molar-refractivity contribution in [3.8, 4) is 11.5 Å². The molecule has 0 radical (unpaired) electrons. The van der Waals surface area contributed by atoms with E-state index in [2.05, 4.69) is 4.98 Å². The summed E-state index contributed by atoms with van der Waals surface area (Å²) in [6, 6.07) is 20.7. The van der Waals surface area contributed by atoms with Crippen molar-refractivity contribution in [2.45, 2.75) is 26.3 Å². The van der Waals surface area contributed by atoms with Crippen LogP contribution in [0.4, 0.5) is 5.13 Å². The Morgan fingerprint density at radius 3 is 2.51 bits per heavy atom. The first-order valence-corrected chi connectivity index (χ1v) is 13.0. The molecule has 4 aromatic rings. The summed E-state index contributed by atoms with van der Waals surface area (Å²) in [5.74, 6) is -0.415. The van der Waals surface area contributed by atoms with E-state index in [0.717, 1.165) is 11.1 Å². The number of thiazole rings is 1. The first kappa shape index (κ1) is 24.5. The lowest BCUT2D eigenvalue weighted by molar-refractivity contribution is -0.132. The maximum atomic E-state index is 13.5. The molecule has 5 rings (SSSR count). The van der Waals surface area contributed by atoms with Crippen LogP contribution in [0.3, 0.4) is 0 Å². The molecule has 0 aliphatic carbocycles. The molecule has 1 amide bonds. The van der Waals surface area contributed by atoms with Gasteiger partial charge in [0.15, 0.2) is 5.13 Å². The lowest BCUT2D eigenvalue weighted by atomic mass is 9.95. The quantitative estimate of drug-likeness (QED) is 0.173. The molecule has 0 spiro atoms. The molecule has 1 aromatic heterocycles. The third kappa shape index (κ3) is 4.68. The monoisotopic (exact) mass is 514 g/mol. The lowest BCUT2D eigenvalue weighted by Crippen LogP contribution is -2.29. The molecule has 1 atom stereocenters. The molecule has 188 valence electrons. The summed E-state index contributed by atoms with van der Waals surface area (Å²) < 4.78 is 12.3. The highest BCUT2D eigenvalue weighted by molar-refractivity contribution is 7.22. The van der Waals surface area contributed by atoms with Crippen LogP contribution in [0.5, 0.6) is 11.5 Å². The van der Waals surface area contributed by atoms with E-state index in [1.165, 1.54) is 16.2 Å². The number of ketones is 1. The van der Waals surface area contributed by atoms with Gasteiger partial charge < -0.3 is 14.6 Å². The van der Waals surface area contributed by atoms with E-state index in [4.69, 9.17) is 9.47 Å². The van der Waals surface area contributed by atoms with Gasteiger partial charge in [-0.2, -0.15) is 0 Å². The zero-order valence-electron chi connectivity index (χ0n) is 20.5. The van der Waals surface area contributed by atoms with Crippen LogP contribution >= 0.6 is 11.3 Å². The highest BCUT2D eigenvalue weighted by Gasteiger charge is 2.48. The van der Waals surface area contributed by atoms with Gasteiger partial charge in [-0.1, -0.05) is 60.7 Å². The number of hydrogen-bond donors (Lipinski definition) is 1. The van der Waals surface area contributed by atoms with Gasteiger partial charge >= 0.3 is 5.91 Å². The average Bonchev–Trinajstić information content (AvgIpc) is 3.45. The number of rotatable bonds is 8. The van der Waals surface area contributed by atoms with Gasteiger partial charge in [0.1, 0.15) is 17.3 Å². The van der Waals surface area contributed by atoms with Gasteiger partial charge in [0.25, 0.3) is 5.78 Å². The number of ether oxygens (including phenoxy) is 2. The smallest absolute Gasteiger partial charge is 0.301 e. The Morgan fingerprint density at radius 2 is 1.76 bits per heavy atom. The first-order chi connectivity index (χ1) is 18.0. The molecule has 37 heavy (non-hydrogen) atoms. The molecule has 7 nitrogen and oxygen atoms in total. The molecule has 1 aliphatic heterocycles. The van der Waals surface area contributed by atoms with Gasteiger partial charge in [-0.25, -0.2) is 4.98 Å². The van der Waals surface area contributed by atoms with Gasteiger partial charge in [0, 0.05) is 5.56 Å². The number of nitrogens with zero attached hydrogens (tertiary/aromatic N) is 2. The molecule has 1 aliphatic rings. The van der Waals surface area contributed by atoms with Crippen molar-refractivity contribution in [2.24, 2.45) is 0 Å². The molecular weight excluding hydrogens is 488 g/mol. The van der Waals surface area contributed by atoms with Gasteiger partial charge in [0.05, 0.1) is 35.0 Å². The molecule has 1 saturated heterocycles. The Balaban J connectivity index is 1.68. The minimum Gasteiger partial charge on any atom is -0.507 e. The van der Waals surface area contributed by atoms with Crippen molar-refractivity contribution < 1.29 is 24.2 Å². The second-order valence-electron chi connectivity index (χ2n) is 8.52. The van der Waals surface area contributed by atoms with Crippen LogP contribution in [-0.4, -0.2) is 35.0 Å². The maximum absolute atomic E-state index is 13.5. The molecule has 1 N–H and O–H groups in total. The van der Waals surface area contributed by atoms with E-state index in [0.29, 0.717) is 46.5 Å². The number of benzene rings is 3. The number of anilines is 1. The average molecular weight is 515 g/mol. The Kier molecular flexibility index (Phi) is 6.92. The summed E-state index contributed by atoms with van der Waals surface area (Å²) >= 11 is 1.29. The highest BCUT2D eigenvalue weighted by atomic mass is 32.1. The van der Waals surface area contributed by atoms with Gasteiger partial charge in [-0.05, 0) is 49.2 Å². The predicted molar refractivity (Wildman–Crippen MR) is 144 cm³/mol. The van der Waals surface area contributed by atoms with Gasteiger partial charge in [-0.3, -0.25) is 14.5 Å². The van der Waals surface area contributed by atoms with Crippen molar-refractivity contribution in [2.75, 3.05) is 18.1 Å². The third-order valence-corrected chi connectivity index (χ3v) is 7.02. The van der Waals surface area contributed by atoms with Crippen LogP contribution in [0.2, 0.25) is 0 Å². The van der Waals surface area contributed by atoms with Crippen molar-refractivity contribution in [3.63, 3.8) is 0 Å². The molecule has 0 saturated carbocycles. The van der Waals surface area contributed by atoms with Crippen LogP contribution in [0.25, 0.3) is 16.0 Å². The Bertz CT molecular complexity index is 1490. The van der Waals surface area contributed by atoms with Crippen molar-refractivity contribution in [3.05, 3.63) is 89.5 Å². The number of carbonyl (C=O) groups excluding carboxylic acids is 2. The number of aromatic nitrogens is 1. The van der Waals surface area contributed by atoms with E-state index >= 15 is 0 Å². The van der Waals surface area contributed by atoms with Crippen LogP contribution in [0.15, 0.2) is 78.4 Å². The molecule has 1 fully saturated rings. The van der Waals surface area contributed by atoms with E-state index in [-0.39, 0.29) is 11.3 Å². The van der Waals surface area contributed by atoms with Gasteiger partial charge in [-0.15, -0.1) is 0 Å². The summed E-state index contributed by atoms with van der Waals surface area (Å²) in [5.41, 5.74) is 1.79. The number of Topliss-reactive ketones (excluding diaryl/α,β-unsaturated/α-hetero) is 1. The van der Waals surface area contributed by atoms with E-state index in [1.54, 1.807) is 30.3 Å². The minimum atomic E-state index is -0.877. The highest BCUT2D eigenvalue weighted by Crippen LogP contribution is 2.45. The summed E-state index contributed by atoms with van der Waals surface area (Å²) in [6.07, 6.45) is 0.839. The number of carbonyl (C=O) groups is 2. The molecule has 0 bridgehead atoms. The maximum Gasteiger partial charge on any atom is 0.301 e. The van der Waals surface area contributed by atoms with E-state index < -0.39 is 17.7 Å².